The summed E-state index contributed by atoms with van der Waals surface area (Å²) in [5.74, 6) is 0.374. The molecule has 2 aromatic carbocycles. The van der Waals surface area contributed by atoms with Crippen molar-refractivity contribution >= 4 is 15.9 Å². The van der Waals surface area contributed by atoms with Crippen molar-refractivity contribution < 1.29 is 5.11 Å². The van der Waals surface area contributed by atoms with Crippen molar-refractivity contribution in [1.29, 1.82) is 0 Å². The van der Waals surface area contributed by atoms with Gasteiger partial charge in [0, 0.05) is 16.8 Å². The average molecular weight is 333 g/mol. The lowest BCUT2D eigenvalue weighted by molar-refractivity contribution is 0.0810. The first-order valence-electron chi connectivity index (χ1n) is 6.92. The molecule has 2 aromatic rings. The third-order valence-electron chi connectivity index (χ3n) is 3.49. The van der Waals surface area contributed by atoms with E-state index in [1.54, 1.807) is 0 Å². The lowest BCUT2D eigenvalue weighted by Crippen LogP contribution is -2.21. The number of hydrogen-bond donors (Lipinski definition) is 1. The van der Waals surface area contributed by atoms with E-state index in [1.807, 2.05) is 13.8 Å². The Morgan fingerprint density at radius 2 is 1.40 bits per heavy atom. The lowest BCUT2D eigenvalue weighted by Gasteiger charge is -2.18. The first-order valence-corrected chi connectivity index (χ1v) is 7.71. The zero-order valence-corrected chi connectivity index (χ0v) is 13.8. The summed E-state index contributed by atoms with van der Waals surface area (Å²) in [4.78, 5) is 0. The largest absolute Gasteiger partial charge is 0.390 e. The number of hydrogen-bond acceptors (Lipinski definition) is 1. The summed E-state index contributed by atoms with van der Waals surface area (Å²) in [6.45, 7) is 5.89. The van der Waals surface area contributed by atoms with Crippen LogP contribution in [0.1, 0.15) is 43.4 Å². The number of benzene rings is 2. The quantitative estimate of drug-likeness (QED) is 0.842. The molecule has 20 heavy (non-hydrogen) atoms. The fourth-order valence-corrected chi connectivity index (χ4v) is 2.63. The van der Waals surface area contributed by atoms with Crippen LogP contribution in [-0.2, 0) is 6.42 Å². The fraction of sp³-hybridized carbons (Fsp3) is 0.333. The Hall–Kier alpha value is -1.12. The molecule has 0 radical (unpaired) electrons. The molecule has 0 saturated carbocycles. The summed E-state index contributed by atoms with van der Waals surface area (Å²) in [6.07, 6.45) is 0.681. The summed E-state index contributed by atoms with van der Waals surface area (Å²) < 4.78 is 1.11. The van der Waals surface area contributed by atoms with E-state index in [0.717, 1.165) is 4.47 Å². The van der Waals surface area contributed by atoms with Crippen molar-refractivity contribution in [2.75, 3.05) is 0 Å². The van der Waals surface area contributed by atoms with Crippen LogP contribution in [0.15, 0.2) is 53.0 Å². The highest BCUT2D eigenvalue weighted by Gasteiger charge is 2.14. The van der Waals surface area contributed by atoms with Gasteiger partial charge in [-0.25, -0.2) is 0 Å². The zero-order chi connectivity index (χ0) is 14.8. The monoisotopic (exact) mass is 332 g/mol. The van der Waals surface area contributed by atoms with Crippen LogP contribution >= 0.6 is 15.9 Å². The Balaban J connectivity index is 2.15. The second-order valence-corrected chi connectivity index (χ2v) is 6.92. The molecule has 0 fully saturated rings. The van der Waals surface area contributed by atoms with Crippen LogP contribution in [0.4, 0.5) is 0 Å². The topological polar surface area (TPSA) is 20.2 Å². The van der Waals surface area contributed by atoms with Gasteiger partial charge in [-0.15, -0.1) is 0 Å². The van der Waals surface area contributed by atoms with E-state index in [0.29, 0.717) is 12.3 Å². The maximum Gasteiger partial charge on any atom is 0.0631 e. The Labute approximate surface area is 129 Å². The van der Waals surface area contributed by atoms with Gasteiger partial charge in [0.25, 0.3) is 0 Å². The van der Waals surface area contributed by atoms with Gasteiger partial charge >= 0.3 is 0 Å². The van der Waals surface area contributed by atoms with E-state index in [1.165, 1.54) is 16.7 Å². The van der Waals surface area contributed by atoms with Crippen LogP contribution < -0.4 is 0 Å². The minimum atomic E-state index is -0.654. The van der Waals surface area contributed by atoms with E-state index < -0.39 is 5.60 Å². The molecule has 0 aliphatic heterocycles. The van der Waals surface area contributed by atoms with E-state index in [-0.39, 0.29) is 0 Å². The molecular formula is C18H21BrO. The Morgan fingerprint density at radius 1 is 0.950 bits per heavy atom. The fourth-order valence-electron chi connectivity index (χ4n) is 2.37. The van der Waals surface area contributed by atoms with Gasteiger partial charge in [-0.3, -0.25) is 0 Å². The van der Waals surface area contributed by atoms with Gasteiger partial charge in [-0.05, 0) is 42.7 Å². The Bertz CT molecular complexity index is 549. The molecule has 0 heterocycles. The van der Waals surface area contributed by atoms with Gasteiger partial charge in [0.2, 0.25) is 0 Å². The van der Waals surface area contributed by atoms with Gasteiger partial charge in [0.1, 0.15) is 0 Å². The van der Waals surface area contributed by atoms with Crippen LogP contribution in [-0.4, -0.2) is 10.7 Å². The average Bonchev–Trinajstić information content (AvgIpc) is 2.38. The molecule has 0 aromatic heterocycles. The molecule has 1 nitrogen and oxygen atoms in total. The van der Waals surface area contributed by atoms with Crippen LogP contribution in [0.2, 0.25) is 0 Å². The number of halogens is 1. The molecule has 106 valence electrons. The molecule has 0 spiro atoms. The van der Waals surface area contributed by atoms with E-state index >= 15 is 0 Å². The van der Waals surface area contributed by atoms with Gasteiger partial charge in [-0.1, -0.05) is 59.3 Å². The summed E-state index contributed by atoms with van der Waals surface area (Å²) in [7, 11) is 0. The lowest BCUT2D eigenvalue weighted by atomic mass is 9.91. The molecule has 0 aliphatic rings. The SMILES string of the molecule is CC(c1ccc(Br)cc1)c1ccc(CC(C)(C)O)cc1. The van der Waals surface area contributed by atoms with E-state index in [9.17, 15) is 5.11 Å². The smallest absolute Gasteiger partial charge is 0.0631 e. The first kappa shape index (κ1) is 15.3. The van der Waals surface area contributed by atoms with Gasteiger partial charge in [0.05, 0.1) is 5.60 Å². The van der Waals surface area contributed by atoms with Gasteiger partial charge in [0.15, 0.2) is 0 Å². The van der Waals surface area contributed by atoms with Crippen molar-refractivity contribution in [3.63, 3.8) is 0 Å². The summed E-state index contributed by atoms with van der Waals surface area (Å²) in [6, 6.07) is 17.0. The van der Waals surface area contributed by atoms with Crippen molar-refractivity contribution in [2.24, 2.45) is 0 Å². The van der Waals surface area contributed by atoms with Gasteiger partial charge < -0.3 is 5.11 Å². The second kappa shape index (κ2) is 6.11. The Morgan fingerprint density at radius 3 is 1.85 bits per heavy atom. The third-order valence-corrected chi connectivity index (χ3v) is 4.02. The maximum absolute atomic E-state index is 9.85. The normalized spacial score (nSPS) is 13.2. The highest BCUT2D eigenvalue weighted by molar-refractivity contribution is 9.10. The van der Waals surface area contributed by atoms with E-state index in [4.69, 9.17) is 0 Å². The predicted octanol–water partition coefficient (Wildman–Crippen LogP) is 4.91. The molecule has 1 N–H and O–H groups in total. The van der Waals surface area contributed by atoms with Crippen molar-refractivity contribution in [2.45, 2.75) is 38.7 Å². The maximum atomic E-state index is 9.85. The van der Waals surface area contributed by atoms with Crippen molar-refractivity contribution in [1.82, 2.24) is 0 Å². The molecule has 0 aliphatic carbocycles. The minimum Gasteiger partial charge on any atom is -0.390 e. The van der Waals surface area contributed by atoms with Crippen LogP contribution in [0, 0.1) is 0 Å². The molecule has 0 saturated heterocycles. The molecule has 1 atom stereocenters. The highest BCUT2D eigenvalue weighted by Crippen LogP contribution is 2.26. The third kappa shape index (κ3) is 4.19. The minimum absolute atomic E-state index is 0.374. The van der Waals surface area contributed by atoms with Crippen molar-refractivity contribution in [3.8, 4) is 0 Å². The molecule has 1 unspecified atom stereocenters. The summed E-state index contributed by atoms with van der Waals surface area (Å²) in [5.41, 5.74) is 3.12. The van der Waals surface area contributed by atoms with Crippen molar-refractivity contribution in [3.05, 3.63) is 69.7 Å². The summed E-state index contributed by atoms with van der Waals surface area (Å²) in [5, 5.41) is 9.85. The van der Waals surface area contributed by atoms with Gasteiger partial charge in [-0.2, -0.15) is 0 Å². The van der Waals surface area contributed by atoms with Crippen LogP contribution in [0.3, 0.4) is 0 Å². The molecule has 2 heteroatoms. The molecule has 0 bridgehead atoms. The standard InChI is InChI=1S/C18H21BrO/c1-13(16-8-10-17(19)11-9-16)15-6-4-14(5-7-15)12-18(2,3)20/h4-11,13,20H,12H2,1-3H3. The molecule has 0 amide bonds. The zero-order valence-electron chi connectivity index (χ0n) is 12.2. The number of rotatable bonds is 4. The highest BCUT2D eigenvalue weighted by atomic mass is 79.9. The predicted molar refractivity (Wildman–Crippen MR) is 88.1 cm³/mol. The molecular weight excluding hydrogens is 312 g/mol. The molecule has 2 rings (SSSR count). The van der Waals surface area contributed by atoms with Crippen LogP contribution in [0.25, 0.3) is 0 Å². The van der Waals surface area contributed by atoms with E-state index in [2.05, 4.69) is 71.4 Å². The summed E-state index contributed by atoms with van der Waals surface area (Å²) >= 11 is 3.46. The van der Waals surface area contributed by atoms with Crippen LogP contribution in [0.5, 0.6) is 0 Å². The number of aliphatic hydroxyl groups is 1. The first-order chi connectivity index (χ1) is 9.35. The second-order valence-electron chi connectivity index (χ2n) is 6.00. The Kier molecular flexibility index (Phi) is 4.66.